The summed E-state index contributed by atoms with van der Waals surface area (Å²) in [5, 5.41) is 8.73. The molecule has 2 aromatic rings. The Bertz CT molecular complexity index is 588. The number of hydrogen-bond acceptors (Lipinski definition) is 4. The van der Waals surface area contributed by atoms with Gasteiger partial charge in [-0.1, -0.05) is 11.8 Å². The maximum absolute atomic E-state index is 8.73. The molecule has 0 radical (unpaired) electrons. The minimum atomic E-state index is 0.627. The van der Waals surface area contributed by atoms with Crippen molar-refractivity contribution in [3.8, 4) is 11.8 Å². The van der Waals surface area contributed by atoms with Crippen LogP contribution in [-0.4, -0.2) is 7.11 Å². The molecule has 0 bridgehead atoms. The highest BCUT2D eigenvalue weighted by atomic mass is 32.2. The second-order valence-corrected chi connectivity index (χ2v) is 4.79. The van der Waals surface area contributed by atoms with Crippen molar-refractivity contribution in [3.05, 3.63) is 48.0 Å². The molecule has 0 amide bonds. The Morgan fingerprint density at radius 3 is 2.39 bits per heavy atom. The third-order valence-corrected chi connectivity index (χ3v) is 3.42. The van der Waals surface area contributed by atoms with E-state index in [9.17, 15) is 0 Å². The lowest BCUT2D eigenvalue weighted by atomic mass is 10.2. The molecule has 0 aromatic heterocycles. The second-order valence-electron chi connectivity index (χ2n) is 3.64. The monoisotopic (exact) mass is 256 g/mol. The van der Waals surface area contributed by atoms with Gasteiger partial charge in [-0.2, -0.15) is 5.26 Å². The summed E-state index contributed by atoms with van der Waals surface area (Å²) in [6.45, 7) is 0. The van der Waals surface area contributed by atoms with Crippen LogP contribution in [0.2, 0.25) is 0 Å². The summed E-state index contributed by atoms with van der Waals surface area (Å²) in [6.07, 6.45) is 0. The van der Waals surface area contributed by atoms with Crippen molar-refractivity contribution in [3.63, 3.8) is 0 Å². The van der Waals surface area contributed by atoms with Gasteiger partial charge in [0, 0.05) is 9.79 Å². The van der Waals surface area contributed by atoms with Crippen LogP contribution in [-0.2, 0) is 0 Å². The van der Waals surface area contributed by atoms with Crippen molar-refractivity contribution in [1.82, 2.24) is 0 Å². The normalized spacial score (nSPS) is 9.78. The number of hydrogen-bond donors (Lipinski definition) is 1. The topological polar surface area (TPSA) is 59.0 Å². The first kappa shape index (κ1) is 12.3. The molecule has 0 unspecified atom stereocenters. The quantitative estimate of drug-likeness (QED) is 0.856. The average Bonchev–Trinajstić information content (AvgIpc) is 2.42. The Morgan fingerprint density at radius 2 is 1.78 bits per heavy atom. The number of anilines is 1. The van der Waals surface area contributed by atoms with E-state index < -0.39 is 0 Å². The smallest absolute Gasteiger partial charge is 0.142 e. The van der Waals surface area contributed by atoms with E-state index in [1.807, 2.05) is 30.3 Å². The van der Waals surface area contributed by atoms with Crippen molar-refractivity contribution < 1.29 is 4.74 Å². The molecule has 0 spiro atoms. The van der Waals surface area contributed by atoms with Crippen LogP contribution < -0.4 is 10.5 Å². The van der Waals surface area contributed by atoms with Gasteiger partial charge in [0.25, 0.3) is 0 Å². The van der Waals surface area contributed by atoms with Crippen LogP contribution in [0.5, 0.6) is 5.75 Å². The van der Waals surface area contributed by atoms with E-state index in [1.165, 1.54) is 0 Å². The lowest BCUT2D eigenvalue weighted by Gasteiger charge is -2.07. The van der Waals surface area contributed by atoms with Crippen LogP contribution in [0, 0.1) is 11.3 Å². The number of ether oxygens (including phenoxy) is 1. The van der Waals surface area contributed by atoms with E-state index in [-0.39, 0.29) is 0 Å². The van der Waals surface area contributed by atoms with Gasteiger partial charge in [-0.3, -0.25) is 0 Å². The Balaban J connectivity index is 2.20. The fourth-order valence-electron chi connectivity index (χ4n) is 1.49. The van der Waals surface area contributed by atoms with Crippen molar-refractivity contribution in [2.75, 3.05) is 12.8 Å². The fraction of sp³-hybridized carbons (Fsp3) is 0.0714. The highest BCUT2D eigenvalue weighted by molar-refractivity contribution is 7.99. The molecule has 90 valence electrons. The zero-order valence-electron chi connectivity index (χ0n) is 9.88. The number of nitrogen functional groups attached to an aromatic ring is 1. The van der Waals surface area contributed by atoms with E-state index in [0.29, 0.717) is 17.0 Å². The van der Waals surface area contributed by atoms with Gasteiger partial charge < -0.3 is 10.5 Å². The zero-order valence-corrected chi connectivity index (χ0v) is 10.7. The van der Waals surface area contributed by atoms with E-state index in [0.717, 1.165) is 9.79 Å². The Hall–Kier alpha value is -2.12. The number of benzene rings is 2. The zero-order chi connectivity index (χ0) is 13.0. The predicted molar refractivity (Wildman–Crippen MR) is 72.7 cm³/mol. The highest BCUT2D eigenvalue weighted by Gasteiger charge is 2.03. The van der Waals surface area contributed by atoms with Crippen molar-refractivity contribution in [1.29, 1.82) is 5.26 Å². The first-order valence-electron chi connectivity index (χ1n) is 5.34. The summed E-state index contributed by atoms with van der Waals surface area (Å²) >= 11 is 1.60. The maximum atomic E-state index is 8.73. The van der Waals surface area contributed by atoms with Crippen LogP contribution in [0.3, 0.4) is 0 Å². The van der Waals surface area contributed by atoms with Crippen LogP contribution in [0.15, 0.2) is 52.3 Å². The average molecular weight is 256 g/mol. The molecule has 2 aromatic carbocycles. The van der Waals surface area contributed by atoms with E-state index >= 15 is 0 Å². The van der Waals surface area contributed by atoms with Gasteiger partial charge in [-0.15, -0.1) is 0 Å². The third kappa shape index (κ3) is 2.76. The number of nitrogens with zero attached hydrogens (tertiary/aromatic N) is 1. The van der Waals surface area contributed by atoms with Gasteiger partial charge in [0.2, 0.25) is 0 Å². The maximum Gasteiger partial charge on any atom is 0.142 e. The summed E-state index contributed by atoms with van der Waals surface area (Å²) in [5.41, 5.74) is 7.05. The molecule has 0 atom stereocenters. The number of nitrogens with two attached hydrogens (primary N) is 1. The van der Waals surface area contributed by atoms with Gasteiger partial charge in [0.15, 0.2) is 0 Å². The minimum absolute atomic E-state index is 0.627. The Labute approximate surface area is 110 Å². The molecule has 18 heavy (non-hydrogen) atoms. The molecule has 2 rings (SSSR count). The molecule has 0 heterocycles. The third-order valence-electron chi connectivity index (χ3n) is 2.42. The van der Waals surface area contributed by atoms with E-state index in [4.69, 9.17) is 15.7 Å². The standard InChI is InChI=1S/C14H12N2OS/c1-17-14-8-12(6-7-13(14)16)18-11-4-2-10(9-15)3-5-11/h2-8H,16H2,1H3. The second kappa shape index (κ2) is 5.48. The summed E-state index contributed by atoms with van der Waals surface area (Å²) in [6, 6.07) is 15.2. The highest BCUT2D eigenvalue weighted by Crippen LogP contribution is 2.32. The largest absolute Gasteiger partial charge is 0.495 e. The molecular weight excluding hydrogens is 244 g/mol. The summed E-state index contributed by atoms with van der Waals surface area (Å²) in [5.74, 6) is 0.675. The minimum Gasteiger partial charge on any atom is -0.495 e. The molecule has 0 aliphatic carbocycles. The molecule has 0 fully saturated rings. The molecule has 0 saturated heterocycles. The molecule has 4 heteroatoms. The van der Waals surface area contributed by atoms with Gasteiger partial charge in [0.05, 0.1) is 24.4 Å². The lowest BCUT2D eigenvalue weighted by Crippen LogP contribution is -1.91. The van der Waals surface area contributed by atoms with E-state index in [2.05, 4.69) is 6.07 Å². The molecule has 0 aliphatic heterocycles. The van der Waals surface area contributed by atoms with Gasteiger partial charge >= 0.3 is 0 Å². The van der Waals surface area contributed by atoms with Gasteiger partial charge in [0.1, 0.15) is 5.75 Å². The molecule has 0 saturated carbocycles. The first-order valence-corrected chi connectivity index (χ1v) is 6.16. The van der Waals surface area contributed by atoms with Crippen molar-refractivity contribution >= 4 is 17.4 Å². The molecule has 2 N–H and O–H groups in total. The Kier molecular flexibility index (Phi) is 3.75. The summed E-state index contributed by atoms with van der Waals surface area (Å²) in [7, 11) is 1.60. The molecule has 0 aliphatic rings. The van der Waals surface area contributed by atoms with Crippen molar-refractivity contribution in [2.45, 2.75) is 9.79 Å². The number of nitriles is 1. The predicted octanol–water partition coefficient (Wildman–Crippen LogP) is 3.30. The van der Waals surface area contributed by atoms with Crippen LogP contribution >= 0.6 is 11.8 Å². The number of methoxy groups -OCH3 is 1. The SMILES string of the molecule is COc1cc(Sc2ccc(C#N)cc2)ccc1N. The van der Waals surface area contributed by atoms with E-state index in [1.54, 1.807) is 31.0 Å². The Morgan fingerprint density at radius 1 is 1.11 bits per heavy atom. The number of rotatable bonds is 3. The van der Waals surface area contributed by atoms with Gasteiger partial charge in [-0.25, -0.2) is 0 Å². The summed E-state index contributed by atoms with van der Waals surface area (Å²) in [4.78, 5) is 2.12. The fourth-order valence-corrected chi connectivity index (χ4v) is 2.33. The summed E-state index contributed by atoms with van der Waals surface area (Å²) < 4.78 is 5.18. The lowest BCUT2D eigenvalue weighted by molar-refractivity contribution is 0.416. The van der Waals surface area contributed by atoms with Crippen LogP contribution in [0.1, 0.15) is 5.56 Å². The van der Waals surface area contributed by atoms with Crippen LogP contribution in [0.4, 0.5) is 5.69 Å². The first-order chi connectivity index (χ1) is 8.72. The van der Waals surface area contributed by atoms with Crippen LogP contribution in [0.25, 0.3) is 0 Å². The molecule has 3 nitrogen and oxygen atoms in total. The van der Waals surface area contributed by atoms with Gasteiger partial charge in [-0.05, 0) is 42.5 Å². The molecular formula is C14H12N2OS. The van der Waals surface area contributed by atoms with Crippen molar-refractivity contribution in [2.24, 2.45) is 0 Å².